The van der Waals surface area contributed by atoms with E-state index < -0.39 is 6.10 Å². The standard InChI is InChI=1S/C20H23BrN2O2/c1-20(2,3)22-11-14(24)12-25-23-19-17-7-5-4-6-15(17)16-9-8-13(21)10-18(16)19/h4-10,14,22,24H,11-12H2,1-3H3/b23-19-. The van der Waals surface area contributed by atoms with Crippen molar-refractivity contribution < 1.29 is 9.94 Å². The number of aliphatic hydroxyl groups is 1. The number of benzene rings is 2. The molecule has 0 amide bonds. The van der Waals surface area contributed by atoms with Gasteiger partial charge in [-0.25, -0.2) is 0 Å². The summed E-state index contributed by atoms with van der Waals surface area (Å²) in [6, 6.07) is 14.3. The molecule has 3 rings (SSSR count). The summed E-state index contributed by atoms with van der Waals surface area (Å²) in [6.45, 7) is 6.80. The van der Waals surface area contributed by atoms with Crippen LogP contribution in [0.3, 0.4) is 0 Å². The highest BCUT2D eigenvalue weighted by molar-refractivity contribution is 9.10. The third-order valence-electron chi connectivity index (χ3n) is 4.00. The van der Waals surface area contributed by atoms with Gasteiger partial charge in [-0.3, -0.25) is 0 Å². The van der Waals surface area contributed by atoms with Gasteiger partial charge in [0.25, 0.3) is 0 Å². The van der Waals surface area contributed by atoms with Crippen molar-refractivity contribution in [2.45, 2.75) is 32.4 Å². The largest absolute Gasteiger partial charge is 0.392 e. The topological polar surface area (TPSA) is 53.8 Å². The smallest absolute Gasteiger partial charge is 0.144 e. The van der Waals surface area contributed by atoms with Crippen molar-refractivity contribution in [2.75, 3.05) is 13.2 Å². The summed E-state index contributed by atoms with van der Waals surface area (Å²) in [7, 11) is 0. The average molecular weight is 403 g/mol. The molecule has 132 valence electrons. The van der Waals surface area contributed by atoms with Crippen LogP contribution < -0.4 is 5.32 Å². The minimum atomic E-state index is -0.609. The Morgan fingerprint density at radius 3 is 2.48 bits per heavy atom. The van der Waals surface area contributed by atoms with Gasteiger partial charge in [-0.1, -0.05) is 51.4 Å². The molecule has 1 aliphatic carbocycles. The first kappa shape index (κ1) is 18.1. The number of nitrogens with one attached hydrogen (secondary N) is 1. The molecular formula is C20H23BrN2O2. The number of β-amino-alcohol motifs (C(OH)–C–C–N with tert-alkyl or cyclic N) is 1. The molecule has 0 spiro atoms. The van der Waals surface area contributed by atoms with E-state index in [1.165, 1.54) is 0 Å². The normalized spacial score (nSPS) is 15.8. The Balaban J connectivity index is 1.76. The fourth-order valence-corrected chi connectivity index (χ4v) is 3.15. The van der Waals surface area contributed by atoms with E-state index in [4.69, 9.17) is 4.84 Å². The van der Waals surface area contributed by atoms with Crippen molar-refractivity contribution in [3.05, 3.63) is 58.1 Å². The van der Waals surface area contributed by atoms with Crippen molar-refractivity contribution >= 4 is 21.6 Å². The van der Waals surface area contributed by atoms with E-state index in [1.807, 2.05) is 24.3 Å². The van der Waals surface area contributed by atoms with E-state index in [0.717, 1.165) is 32.4 Å². The molecule has 0 aromatic heterocycles. The van der Waals surface area contributed by atoms with Crippen LogP contribution in [0.4, 0.5) is 0 Å². The fraction of sp³-hybridized carbons (Fsp3) is 0.350. The number of rotatable bonds is 5. The Bertz CT molecular complexity index is 797. The summed E-state index contributed by atoms with van der Waals surface area (Å²) < 4.78 is 1.00. The van der Waals surface area contributed by atoms with Crippen LogP contribution in [-0.4, -0.2) is 35.6 Å². The average Bonchev–Trinajstić information content (AvgIpc) is 2.86. The zero-order valence-corrected chi connectivity index (χ0v) is 16.3. The van der Waals surface area contributed by atoms with Gasteiger partial charge in [-0.05, 0) is 44.0 Å². The van der Waals surface area contributed by atoms with E-state index in [1.54, 1.807) is 0 Å². The number of aliphatic hydroxyl groups excluding tert-OH is 1. The first-order chi connectivity index (χ1) is 11.8. The molecule has 5 heteroatoms. The second-order valence-corrected chi connectivity index (χ2v) is 8.17. The number of halogens is 1. The van der Waals surface area contributed by atoms with Gasteiger partial charge in [-0.2, -0.15) is 0 Å². The lowest BCUT2D eigenvalue weighted by Gasteiger charge is -2.22. The fourth-order valence-electron chi connectivity index (χ4n) is 2.79. The van der Waals surface area contributed by atoms with E-state index in [9.17, 15) is 5.11 Å². The lowest BCUT2D eigenvalue weighted by atomic mass is 10.1. The Labute approximate surface area is 157 Å². The quantitative estimate of drug-likeness (QED) is 0.635. The molecule has 0 aliphatic heterocycles. The minimum absolute atomic E-state index is 0.0392. The predicted molar refractivity (Wildman–Crippen MR) is 105 cm³/mol. The molecule has 2 N–H and O–H groups in total. The molecule has 4 nitrogen and oxygen atoms in total. The van der Waals surface area contributed by atoms with Gasteiger partial charge in [-0.15, -0.1) is 0 Å². The molecule has 2 aromatic rings. The lowest BCUT2D eigenvalue weighted by Crippen LogP contribution is -2.42. The zero-order chi connectivity index (χ0) is 18.0. The summed E-state index contributed by atoms with van der Waals surface area (Å²) in [4.78, 5) is 5.48. The van der Waals surface area contributed by atoms with Gasteiger partial charge in [0, 0.05) is 27.7 Å². The number of hydrogen-bond acceptors (Lipinski definition) is 4. The van der Waals surface area contributed by atoms with Crippen molar-refractivity contribution in [1.82, 2.24) is 5.32 Å². The van der Waals surface area contributed by atoms with Crippen molar-refractivity contribution in [3.63, 3.8) is 0 Å². The van der Waals surface area contributed by atoms with E-state index in [-0.39, 0.29) is 12.1 Å². The number of nitrogens with zero attached hydrogens (tertiary/aromatic N) is 1. The van der Waals surface area contributed by atoms with Crippen LogP contribution in [0, 0.1) is 0 Å². The molecule has 0 saturated heterocycles. The number of hydrogen-bond donors (Lipinski definition) is 2. The van der Waals surface area contributed by atoms with Crippen molar-refractivity contribution in [3.8, 4) is 11.1 Å². The second-order valence-electron chi connectivity index (χ2n) is 7.26. The molecule has 2 aromatic carbocycles. The maximum absolute atomic E-state index is 10.1. The Morgan fingerprint density at radius 2 is 1.76 bits per heavy atom. The second kappa shape index (κ2) is 7.28. The SMILES string of the molecule is CC(C)(C)NCC(O)CO/N=C1/c2ccccc2-c2ccc(Br)cc21. The van der Waals surface area contributed by atoms with E-state index in [2.05, 4.69) is 65.4 Å². The third-order valence-corrected chi connectivity index (χ3v) is 4.49. The lowest BCUT2D eigenvalue weighted by molar-refractivity contribution is 0.0374. The highest BCUT2D eigenvalue weighted by atomic mass is 79.9. The maximum Gasteiger partial charge on any atom is 0.144 e. The van der Waals surface area contributed by atoms with Crippen LogP contribution in [0.15, 0.2) is 52.1 Å². The molecular weight excluding hydrogens is 380 g/mol. The van der Waals surface area contributed by atoms with Crippen LogP contribution in [0.25, 0.3) is 11.1 Å². The summed E-state index contributed by atoms with van der Waals surface area (Å²) >= 11 is 3.52. The minimum Gasteiger partial charge on any atom is -0.392 e. The molecule has 0 bridgehead atoms. The van der Waals surface area contributed by atoms with Gasteiger partial charge in [0.15, 0.2) is 0 Å². The number of fused-ring (bicyclic) bond motifs is 3. The highest BCUT2D eigenvalue weighted by Gasteiger charge is 2.25. The first-order valence-electron chi connectivity index (χ1n) is 8.38. The molecule has 0 radical (unpaired) electrons. The van der Waals surface area contributed by atoms with Crippen molar-refractivity contribution in [1.29, 1.82) is 0 Å². The monoisotopic (exact) mass is 402 g/mol. The van der Waals surface area contributed by atoms with Gasteiger partial charge in [0.05, 0.1) is 0 Å². The molecule has 25 heavy (non-hydrogen) atoms. The third kappa shape index (κ3) is 4.29. The summed E-state index contributed by atoms with van der Waals surface area (Å²) in [5.41, 5.74) is 5.17. The molecule has 0 fully saturated rings. The van der Waals surface area contributed by atoms with Gasteiger partial charge in [0.1, 0.15) is 18.4 Å². The molecule has 0 saturated carbocycles. The Hall–Kier alpha value is -1.69. The summed E-state index contributed by atoms with van der Waals surface area (Å²) in [6.07, 6.45) is -0.609. The molecule has 1 atom stereocenters. The molecule has 0 heterocycles. The van der Waals surface area contributed by atoms with Crippen LogP contribution >= 0.6 is 15.9 Å². The van der Waals surface area contributed by atoms with Gasteiger partial charge in [0.2, 0.25) is 0 Å². The summed E-state index contributed by atoms with van der Waals surface area (Å²) in [5.74, 6) is 0. The van der Waals surface area contributed by atoms with Crippen LogP contribution in [0.2, 0.25) is 0 Å². The first-order valence-corrected chi connectivity index (χ1v) is 9.17. The molecule has 1 unspecified atom stereocenters. The highest BCUT2D eigenvalue weighted by Crippen LogP contribution is 2.38. The Morgan fingerprint density at radius 1 is 1.08 bits per heavy atom. The van der Waals surface area contributed by atoms with Crippen LogP contribution in [0.5, 0.6) is 0 Å². The van der Waals surface area contributed by atoms with Crippen LogP contribution in [-0.2, 0) is 4.84 Å². The predicted octanol–water partition coefficient (Wildman–Crippen LogP) is 3.95. The summed E-state index contributed by atoms with van der Waals surface area (Å²) in [5, 5.41) is 17.7. The van der Waals surface area contributed by atoms with E-state index in [0.29, 0.717) is 6.54 Å². The van der Waals surface area contributed by atoms with Crippen molar-refractivity contribution in [2.24, 2.45) is 5.16 Å². The Kier molecular flexibility index (Phi) is 5.27. The van der Waals surface area contributed by atoms with Gasteiger partial charge >= 0.3 is 0 Å². The maximum atomic E-state index is 10.1. The van der Waals surface area contributed by atoms with Gasteiger partial charge < -0.3 is 15.3 Å². The van der Waals surface area contributed by atoms with Crippen LogP contribution in [0.1, 0.15) is 31.9 Å². The van der Waals surface area contributed by atoms with E-state index >= 15 is 0 Å². The number of oxime groups is 1. The zero-order valence-electron chi connectivity index (χ0n) is 14.7. The molecule has 1 aliphatic rings.